The normalized spacial score (nSPS) is 19.1. The van der Waals surface area contributed by atoms with E-state index in [-0.39, 0.29) is 5.91 Å². The Balaban J connectivity index is 1.65. The molecule has 1 fully saturated rings. The highest BCUT2D eigenvalue weighted by Crippen LogP contribution is 2.25. The molecule has 7 heteroatoms. The van der Waals surface area contributed by atoms with Crippen LogP contribution in [0.4, 0.5) is 5.13 Å². The summed E-state index contributed by atoms with van der Waals surface area (Å²) < 4.78 is 0.956. The number of nitrogen functional groups attached to an aromatic ring is 1. The van der Waals surface area contributed by atoms with Gasteiger partial charge in [-0.25, -0.2) is 4.98 Å². The fourth-order valence-electron chi connectivity index (χ4n) is 2.05. The highest BCUT2D eigenvalue weighted by atomic mass is 32.2. The summed E-state index contributed by atoms with van der Waals surface area (Å²) in [5.74, 6) is 3.50. The Morgan fingerprint density at radius 3 is 3.15 bits per heavy atom. The van der Waals surface area contributed by atoms with Crippen molar-refractivity contribution in [3.8, 4) is 0 Å². The van der Waals surface area contributed by atoms with E-state index in [1.807, 2.05) is 35.7 Å². The van der Waals surface area contributed by atoms with Crippen LogP contribution < -0.4 is 11.1 Å². The second-order valence-corrected chi connectivity index (χ2v) is 8.13. The highest BCUT2D eigenvalue weighted by Gasteiger charge is 2.16. The second-order valence-electron chi connectivity index (χ2n) is 4.51. The fourth-order valence-corrected chi connectivity index (χ4v) is 5.43. The van der Waals surface area contributed by atoms with Crippen molar-refractivity contribution in [3.63, 3.8) is 0 Å². The maximum Gasteiger partial charge on any atom is 0.251 e. The van der Waals surface area contributed by atoms with Crippen LogP contribution in [0.3, 0.4) is 0 Å². The van der Waals surface area contributed by atoms with Crippen LogP contribution in [0.2, 0.25) is 0 Å². The molecule has 3 N–H and O–H groups in total. The largest absolute Gasteiger partial charge is 0.375 e. The number of nitrogens with one attached hydrogen (secondary N) is 1. The van der Waals surface area contributed by atoms with Crippen molar-refractivity contribution < 1.29 is 4.79 Å². The van der Waals surface area contributed by atoms with E-state index < -0.39 is 0 Å². The van der Waals surface area contributed by atoms with Crippen LogP contribution in [0, 0.1) is 0 Å². The summed E-state index contributed by atoms with van der Waals surface area (Å²) >= 11 is 5.32. The molecule has 0 bridgehead atoms. The lowest BCUT2D eigenvalue weighted by Crippen LogP contribution is -2.33. The van der Waals surface area contributed by atoms with Crippen LogP contribution in [0.25, 0.3) is 10.2 Å². The Labute approximate surface area is 129 Å². The van der Waals surface area contributed by atoms with E-state index in [1.54, 1.807) is 6.07 Å². The molecule has 0 radical (unpaired) electrons. The molecule has 1 atom stereocenters. The first kappa shape index (κ1) is 14.0. The first-order valence-electron chi connectivity index (χ1n) is 6.36. The zero-order valence-electron chi connectivity index (χ0n) is 10.8. The van der Waals surface area contributed by atoms with Gasteiger partial charge in [-0.3, -0.25) is 4.79 Å². The number of hydrogen-bond donors (Lipinski definition) is 2. The zero-order chi connectivity index (χ0) is 13.9. The Morgan fingerprint density at radius 1 is 1.45 bits per heavy atom. The van der Waals surface area contributed by atoms with Gasteiger partial charge < -0.3 is 11.1 Å². The third-order valence-electron chi connectivity index (χ3n) is 3.04. The number of anilines is 1. The highest BCUT2D eigenvalue weighted by molar-refractivity contribution is 8.06. The molecule has 3 rings (SSSR count). The van der Waals surface area contributed by atoms with E-state index in [0.29, 0.717) is 15.9 Å². The quantitative estimate of drug-likeness (QED) is 0.907. The van der Waals surface area contributed by atoms with Crippen molar-refractivity contribution >= 4 is 56.1 Å². The number of thioether (sulfide) groups is 2. The second kappa shape index (κ2) is 6.24. The molecule has 1 aromatic carbocycles. The van der Waals surface area contributed by atoms with Gasteiger partial charge in [0.05, 0.1) is 10.2 Å². The molecule has 1 aromatic heterocycles. The third kappa shape index (κ3) is 3.21. The van der Waals surface area contributed by atoms with Gasteiger partial charge in [0.2, 0.25) is 0 Å². The molecule has 1 aliphatic rings. The van der Waals surface area contributed by atoms with Crippen molar-refractivity contribution in [2.45, 2.75) is 5.25 Å². The maximum absolute atomic E-state index is 12.2. The van der Waals surface area contributed by atoms with E-state index in [9.17, 15) is 4.79 Å². The molecule has 1 aliphatic heterocycles. The molecule has 2 aromatic rings. The lowest BCUT2D eigenvalue weighted by atomic mass is 10.2. The van der Waals surface area contributed by atoms with Crippen LogP contribution in [0.5, 0.6) is 0 Å². The predicted octanol–water partition coefficient (Wildman–Crippen LogP) is 2.46. The zero-order valence-corrected chi connectivity index (χ0v) is 13.2. The van der Waals surface area contributed by atoms with E-state index in [0.717, 1.165) is 22.5 Å². The van der Waals surface area contributed by atoms with Gasteiger partial charge in [0.15, 0.2) is 5.13 Å². The Kier molecular flexibility index (Phi) is 4.38. The number of nitrogens with two attached hydrogens (primary N) is 1. The van der Waals surface area contributed by atoms with Crippen molar-refractivity contribution in [1.29, 1.82) is 0 Å². The number of fused-ring (bicyclic) bond motifs is 1. The molecule has 1 saturated heterocycles. The summed E-state index contributed by atoms with van der Waals surface area (Å²) in [5.41, 5.74) is 7.20. The maximum atomic E-state index is 12.2. The first-order valence-corrected chi connectivity index (χ1v) is 9.38. The van der Waals surface area contributed by atoms with Gasteiger partial charge in [0.1, 0.15) is 0 Å². The van der Waals surface area contributed by atoms with Gasteiger partial charge >= 0.3 is 0 Å². The number of hydrogen-bond acceptors (Lipinski definition) is 6. The summed E-state index contributed by atoms with van der Waals surface area (Å²) in [7, 11) is 0. The minimum Gasteiger partial charge on any atom is -0.375 e. The smallest absolute Gasteiger partial charge is 0.251 e. The molecule has 2 heterocycles. The average Bonchev–Trinajstić information content (AvgIpc) is 2.85. The lowest BCUT2D eigenvalue weighted by Gasteiger charge is -2.21. The summed E-state index contributed by atoms with van der Waals surface area (Å²) in [6.45, 7) is 0.735. The van der Waals surface area contributed by atoms with Crippen molar-refractivity contribution in [3.05, 3.63) is 23.8 Å². The summed E-state index contributed by atoms with van der Waals surface area (Å²) in [6.07, 6.45) is 0. The first-order chi connectivity index (χ1) is 9.72. The number of aromatic nitrogens is 1. The Bertz CT molecular complexity index is 622. The number of benzene rings is 1. The van der Waals surface area contributed by atoms with Crippen molar-refractivity contribution in [1.82, 2.24) is 10.3 Å². The fraction of sp³-hybridized carbons (Fsp3) is 0.385. The number of nitrogens with zero attached hydrogens (tertiary/aromatic N) is 1. The molecule has 4 nitrogen and oxygen atoms in total. The van der Waals surface area contributed by atoms with Gasteiger partial charge in [-0.2, -0.15) is 23.5 Å². The van der Waals surface area contributed by atoms with Gasteiger partial charge in [-0.15, -0.1) is 0 Å². The van der Waals surface area contributed by atoms with Gasteiger partial charge in [0.25, 0.3) is 5.91 Å². The molecule has 1 amide bonds. The van der Waals surface area contributed by atoms with Crippen LogP contribution in [0.15, 0.2) is 18.2 Å². The van der Waals surface area contributed by atoms with E-state index in [2.05, 4.69) is 10.3 Å². The molecule has 0 spiro atoms. The summed E-state index contributed by atoms with van der Waals surface area (Å²) in [5, 5.41) is 4.08. The number of carbonyl (C=O) groups excluding carboxylic acids is 1. The van der Waals surface area contributed by atoms with Gasteiger partial charge in [-0.05, 0) is 18.2 Å². The number of rotatable bonds is 3. The van der Waals surface area contributed by atoms with Crippen molar-refractivity contribution in [2.75, 3.05) is 29.5 Å². The number of amides is 1. The predicted molar refractivity (Wildman–Crippen MR) is 89.9 cm³/mol. The van der Waals surface area contributed by atoms with Crippen LogP contribution in [0.1, 0.15) is 10.4 Å². The molecule has 0 saturated carbocycles. The Morgan fingerprint density at radius 2 is 2.35 bits per heavy atom. The third-order valence-corrected chi connectivity index (χ3v) is 6.73. The minimum atomic E-state index is -0.0185. The van der Waals surface area contributed by atoms with Crippen LogP contribution in [-0.4, -0.2) is 39.9 Å². The van der Waals surface area contributed by atoms with Crippen LogP contribution >= 0.6 is 34.9 Å². The van der Waals surface area contributed by atoms with E-state index in [1.165, 1.54) is 22.8 Å². The Hall–Kier alpha value is -0.920. The molecule has 106 valence electrons. The standard InChI is InChI=1S/C13H15N3OS3/c14-13-16-10-2-1-8(5-11(10)20-13)12(17)15-6-9-7-18-3-4-19-9/h1-2,5,9H,3-4,6-7H2,(H2,14,16)(H,15,17). The molecule has 0 aliphatic carbocycles. The number of thiazole rings is 1. The molecular weight excluding hydrogens is 310 g/mol. The average molecular weight is 325 g/mol. The SMILES string of the molecule is Nc1nc2ccc(C(=O)NCC3CSCCS3)cc2s1. The monoisotopic (exact) mass is 325 g/mol. The van der Waals surface area contributed by atoms with Gasteiger partial charge in [0, 0.05) is 34.6 Å². The molecule has 1 unspecified atom stereocenters. The van der Waals surface area contributed by atoms with E-state index >= 15 is 0 Å². The van der Waals surface area contributed by atoms with Crippen LogP contribution in [-0.2, 0) is 0 Å². The summed E-state index contributed by atoms with van der Waals surface area (Å²) in [4.78, 5) is 16.4. The van der Waals surface area contributed by atoms with Gasteiger partial charge in [-0.1, -0.05) is 11.3 Å². The molecule has 20 heavy (non-hydrogen) atoms. The number of carbonyl (C=O) groups is 1. The summed E-state index contributed by atoms with van der Waals surface area (Å²) in [6, 6.07) is 5.52. The topological polar surface area (TPSA) is 68.0 Å². The minimum absolute atomic E-state index is 0.0185. The van der Waals surface area contributed by atoms with Crippen molar-refractivity contribution in [2.24, 2.45) is 0 Å². The van der Waals surface area contributed by atoms with E-state index in [4.69, 9.17) is 5.73 Å². The molecular formula is C13H15N3OS3. The lowest BCUT2D eigenvalue weighted by molar-refractivity contribution is 0.0954.